The van der Waals surface area contributed by atoms with Crippen molar-refractivity contribution in [2.24, 2.45) is 5.92 Å². The molecule has 1 rings (SSSR count). The van der Waals surface area contributed by atoms with E-state index in [-0.39, 0.29) is 12.5 Å². The average Bonchev–Trinajstić information content (AvgIpc) is 1.94. The molecular weight excluding hydrogens is 227 g/mol. The summed E-state index contributed by atoms with van der Waals surface area (Å²) in [4.78, 5) is 0. The normalized spacial score (nSPS) is 36.1. The van der Waals surface area contributed by atoms with Gasteiger partial charge in [-0.2, -0.15) is 0 Å². The zero-order valence-electron chi connectivity index (χ0n) is 6.00. The predicted octanol–water partition coefficient (Wildman–Crippen LogP) is 2.44. The van der Waals surface area contributed by atoms with Crippen molar-refractivity contribution in [1.29, 1.82) is 0 Å². The van der Waals surface area contributed by atoms with E-state index < -0.39 is 3.78 Å². The SMILES string of the molecule is OCC[C@H]1C=CC=CC1(Cl)Br. The molecule has 0 saturated carbocycles. The Labute approximate surface area is 79.9 Å². The van der Waals surface area contributed by atoms with Gasteiger partial charge in [-0.1, -0.05) is 40.2 Å². The van der Waals surface area contributed by atoms with E-state index in [4.69, 9.17) is 16.7 Å². The predicted molar refractivity (Wildman–Crippen MR) is 51.0 cm³/mol. The lowest BCUT2D eigenvalue weighted by molar-refractivity contribution is 0.269. The van der Waals surface area contributed by atoms with Crippen molar-refractivity contribution in [2.45, 2.75) is 10.2 Å². The van der Waals surface area contributed by atoms with Crippen LogP contribution in [0, 0.1) is 5.92 Å². The molecule has 0 saturated heterocycles. The van der Waals surface area contributed by atoms with Gasteiger partial charge in [0.1, 0.15) is 3.78 Å². The summed E-state index contributed by atoms with van der Waals surface area (Å²) in [5, 5.41) is 8.71. The first kappa shape index (κ1) is 9.30. The first-order valence-electron chi connectivity index (χ1n) is 3.51. The highest BCUT2D eigenvalue weighted by molar-refractivity contribution is 9.10. The quantitative estimate of drug-likeness (QED) is 0.732. The molecule has 0 amide bonds. The van der Waals surface area contributed by atoms with E-state index in [1.165, 1.54) is 0 Å². The van der Waals surface area contributed by atoms with Crippen LogP contribution < -0.4 is 0 Å². The van der Waals surface area contributed by atoms with Crippen LogP contribution in [-0.2, 0) is 0 Å². The minimum atomic E-state index is -0.496. The van der Waals surface area contributed by atoms with Crippen molar-refractivity contribution in [3.63, 3.8) is 0 Å². The molecule has 1 nitrogen and oxygen atoms in total. The third kappa shape index (κ3) is 2.32. The van der Waals surface area contributed by atoms with Crippen LogP contribution in [0.5, 0.6) is 0 Å². The minimum absolute atomic E-state index is 0.170. The molecule has 0 fully saturated rings. The van der Waals surface area contributed by atoms with Gasteiger partial charge in [0.15, 0.2) is 0 Å². The highest BCUT2D eigenvalue weighted by atomic mass is 79.9. The lowest BCUT2D eigenvalue weighted by Gasteiger charge is -2.26. The summed E-state index contributed by atoms with van der Waals surface area (Å²) < 4.78 is -0.496. The van der Waals surface area contributed by atoms with Gasteiger partial charge in [0, 0.05) is 12.5 Å². The van der Waals surface area contributed by atoms with Crippen molar-refractivity contribution in [1.82, 2.24) is 0 Å². The van der Waals surface area contributed by atoms with Gasteiger partial charge in [0.05, 0.1) is 0 Å². The van der Waals surface area contributed by atoms with Crippen LogP contribution in [0.25, 0.3) is 0 Å². The summed E-state index contributed by atoms with van der Waals surface area (Å²) >= 11 is 9.46. The lowest BCUT2D eigenvalue weighted by atomic mass is 9.97. The molecule has 0 bridgehead atoms. The Balaban J connectivity index is 2.64. The Hall–Kier alpha value is 0.210. The summed E-state index contributed by atoms with van der Waals surface area (Å²) in [7, 11) is 0. The monoisotopic (exact) mass is 236 g/mol. The zero-order valence-corrected chi connectivity index (χ0v) is 8.35. The molecule has 2 atom stereocenters. The van der Waals surface area contributed by atoms with Crippen LogP contribution >= 0.6 is 27.5 Å². The second kappa shape index (κ2) is 3.74. The van der Waals surface area contributed by atoms with Gasteiger partial charge in [-0.05, 0) is 6.42 Å². The highest BCUT2D eigenvalue weighted by Crippen LogP contribution is 2.38. The summed E-state index contributed by atoms with van der Waals surface area (Å²) in [6.45, 7) is 0.170. The van der Waals surface area contributed by atoms with Gasteiger partial charge in [0.2, 0.25) is 0 Å². The summed E-state index contributed by atoms with van der Waals surface area (Å²) in [5.74, 6) is 0.180. The van der Waals surface area contributed by atoms with E-state index in [2.05, 4.69) is 15.9 Å². The van der Waals surface area contributed by atoms with Gasteiger partial charge >= 0.3 is 0 Å². The maximum absolute atomic E-state index is 8.71. The molecule has 1 N–H and O–H groups in total. The van der Waals surface area contributed by atoms with E-state index >= 15 is 0 Å². The first-order valence-corrected chi connectivity index (χ1v) is 4.68. The zero-order chi connectivity index (χ0) is 8.32. The third-order valence-electron chi connectivity index (χ3n) is 1.71. The summed E-state index contributed by atoms with van der Waals surface area (Å²) in [5.41, 5.74) is 0. The fraction of sp³-hybridized carbons (Fsp3) is 0.500. The number of aliphatic hydroxyl groups excluding tert-OH is 1. The highest BCUT2D eigenvalue weighted by Gasteiger charge is 2.30. The molecular formula is C8H10BrClO. The molecule has 3 heteroatoms. The molecule has 0 aromatic heterocycles. The number of halogens is 2. The maximum atomic E-state index is 8.71. The molecule has 11 heavy (non-hydrogen) atoms. The van der Waals surface area contributed by atoms with Crippen LogP contribution in [-0.4, -0.2) is 15.5 Å². The van der Waals surface area contributed by atoms with Crippen molar-refractivity contribution in [3.05, 3.63) is 24.3 Å². The Morgan fingerprint density at radius 1 is 1.55 bits per heavy atom. The van der Waals surface area contributed by atoms with E-state index in [0.29, 0.717) is 6.42 Å². The van der Waals surface area contributed by atoms with Gasteiger partial charge in [-0.3, -0.25) is 0 Å². The van der Waals surface area contributed by atoms with Crippen LogP contribution in [0.2, 0.25) is 0 Å². The topological polar surface area (TPSA) is 20.2 Å². The molecule has 0 spiro atoms. The molecule has 1 unspecified atom stereocenters. The fourth-order valence-electron chi connectivity index (χ4n) is 1.06. The lowest BCUT2D eigenvalue weighted by Crippen LogP contribution is -2.23. The van der Waals surface area contributed by atoms with E-state index in [9.17, 15) is 0 Å². The molecule has 0 radical (unpaired) electrons. The number of hydrogen-bond donors (Lipinski definition) is 1. The second-order valence-corrected chi connectivity index (χ2v) is 4.93. The standard InChI is InChI=1S/C8H10BrClO/c9-8(10)5-2-1-3-7(8)4-6-11/h1-3,5,7,11H,4,6H2/t7-,8?/m1/s1. The molecule has 1 aliphatic carbocycles. The summed E-state index contributed by atoms with van der Waals surface area (Å²) in [6.07, 6.45) is 8.42. The molecule has 0 heterocycles. The van der Waals surface area contributed by atoms with Crippen LogP contribution in [0.3, 0.4) is 0 Å². The van der Waals surface area contributed by atoms with E-state index in [0.717, 1.165) is 0 Å². The number of rotatable bonds is 2. The van der Waals surface area contributed by atoms with Crippen molar-refractivity contribution in [2.75, 3.05) is 6.61 Å². The Bertz CT molecular complexity index is 187. The largest absolute Gasteiger partial charge is 0.396 e. The van der Waals surface area contributed by atoms with E-state index in [1.54, 1.807) is 0 Å². The molecule has 0 aromatic rings. The van der Waals surface area contributed by atoms with Gasteiger partial charge in [-0.15, -0.1) is 11.6 Å². The molecule has 1 aliphatic rings. The Morgan fingerprint density at radius 2 is 2.27 bits per heavy atom. The Kier molecular flexibility index (Phi) is 3.16. The molecule has 0 aromatic carbocycles. The minimum Gasteiger partial charge on any atom is -0.396 e. The van der Waals surface area contributed by atoms with Crippen LogP contribution in [0.4, 0.5) is 0 Å². The Morgan fingerprint density at radius 3 is 2.82 bits per heavy atom. The maximum Gasteiger partial charge on any atom is 0.124 e. The molecule has 62 valence electrons. The van der Waals surface area contributed by atoms with Gasteiger partial charge < -0.3 is 5.11 Å². The number of aliphatic hydroxyl groups is 1. The van der Waals surface area contributed by atoms with Crippen molar-refractivity contribution < 1.29 is 5.11 Å². The summed E-state index contributed by atoms with van der Waals surface area (Å²) in [6, 6.07) is 0. The van der Waals surface area contributed by atoms with Gasteiger partial charge in [-0.25, -0.2) is 0 Å². The smallest absolute Gasteiger partial charge is 0.124 e. The third-order valence-corrected chi connectivity index (χ3v) is 2.97. The van der Waals surface area contributed by atoms with Gasteiger partial charge in [0.25, 0.3) is 0 Å². The number of alkyl halides is 2. The van der Waals surface area contributed by atoms with E-state index in [1.807, 2.05) is 24.3 Å². The van der Waals surface area contributed by atoms with Crippen molar-refractivity contribution in [3.8, 4) is 0 Å². The number of allylic oxidation sites excluding steroid dienone is 4. The fourth-order valence-corrected chi connectivity index (χ4v) is 1.85. The van der Waals surface area contributed by atoms with Crippen LogP contribution in [0.15, 0.2) is 24.3 Å². The number of hydrogen-bond acceptors (Lipinski definition) is 1. The molecule has 0 aliphatic heterocycles. The van der Waals surface area contributed by atoms with Crippen molar-refractivity contribution >= 4 is 27.5 Å². The second-order valence-electron chi connectivity index (χ2n) is 2.54. The van der Waals surface area contributed by atoms with Crippen LogP contribution in [0.1, 0.15) is 6.42 Å². The average molecular weight is 238 g/mol. The first-order chi connectivity index (χ1) is 5.17.